The Morgan fingerprint density at radius 3 is 2.57 bits per heavy atom. The van der Waals surface area contributed by atoms with Gasteiger partial charge in [0.1, 0.15) is 23.5 Å². The predicted molar refractivity (Wildman–Crippen MR) is 112 cm³/mol. The van der Waals surface area contributed by atoms with Crippen molar-refractivity contribution < 1.29 is 28.9 Å². The average Bonchev–Trinajstić information content (AvgIpc) is 3.09. The summed E-state index contributed by atoms with van der Waals surface area (Å²) in [6.45, 7) is 5.83. The highest BCUT2D eigenvalue weighted by Crippen LogP contribution is 2.47. The molecule has 3 rings (SSSR count). The minimum Gasteiger partial charge on any atom is -0.508 e. The molecular formula is C24H26O6. The van der Waals surface area contributed by atoms with Crippen molar-refractivity contribution in [1.82, 2.24) is 0 Å². The van der Waals surface area contributed by atoms with E-state index in [0.717, 1.165) is 17.5 Å². The van der Waals surface area contributed by atoms with Crippen LogP contribution in [0.1, 0.15) is 55.9 Å². The van der Waals surface area contributed by atoms with Crippen LogP contribution in [0.2, 0.25) is 0 Å². The van der Waals surface area contributed by atoms with Crippen LogP contribution in [0.4, 0.5) is 0 Å². The molecule has 2 aromatic rings. The van der Waals surface area contributed by atoms with Crippen LogP contribution in [0.3, 0.4) is 0 Å². The summed E-state index contributed by atoms with van der Waals surface area (Å²) >= 11 is 0. The molecule has 0 saturated heterocycles. The monoisotopic (exact) mass is 410 g/mol. The predicted octanol–water partition coefficient (Wildman–Crippen LogP) is 4.53. The summed E-state index contributed by atoms with van der Waals surface area (Å²) in [6.07, 6.45) is 2.97. The van der Waals surface area contributed by atoms with Gasteiger partial charge in [-0.05, 0) is 61.7 Å². The number of benzene rings is 2. The lowest BCUT2D eigenvalue weighted by molar-refractivity contribution is -0.147. The van der Waals surface area contributed by atoms with Gasteiger partial charge in [0.25, 0.3) is 0 Å². The van der Waals surface area contributed by atoms with Gasteiger partial charge < -0.3 is 19.3 Å². The van der Waals surface area contributed by atoms with Crippen LogP contribution < -0.4 is 4.74 Å². The molecule has 1 aliphatic heterocycles. The third kappa shape index (κ3) is 5.00. The van der Waals surface area contributed by atoms with E-state index in [2.05, 4.69) is 0 Å². The van der Waals surface area contributed by atoms with E-state index in [1.54, 1.807) is 50.3 Å². The Kier molecular flexibility index (Phi) is 6.77. The fourth-order valence-electron chi connectivity index (χ4n) is 3.29. The second kappa shape index (κ2) is 9.48. The van der Waals surface area contributed by atoms with Crippen molar-refractivity contribution in [3.63, 3.8) is 0 Å². The number of carbonyl (C=O) groups excluding carboxylic acids is 2. The minimum absolute atomic E-state index is 0.139. The van der Waals surface area contributed by atoms with Gasteiger partial charge in [0.2, 0.25) is 0 Å². The summed E-state index contributed by atoms with van der Waals surface area (Å²) in [5.41, 5.74) is 2.21. The topological polar surface area (TPSA) is 82.1 Å². The summed E-state index contributed by atoms with van der Waals surface area (Å²) < 4.78 is 16.6. The Morgan fingerprint density at radius 1 is 1.17 bits per heavy atom. The van der Waals surface area contributed by atoms with E-state index in [1.165, 1.54) is 6.08 Å². The number of phenols is 1. The number of ether oxygens (including phenoxy) is 3. The smallest absolute Gasteiger partial charge is 0.331 e. The highest BCUT2D eigenvalue weighted by molar-refractivity contribution is 5.87. The largest absolute Gasteiger partial charge is 0.508 e. The van der Waals surface area contributed by atoms with E-state index in [9.17, 15) is 14.7 Å². The van der Waals surface area contributed by atoms with Crippen molar-refractivity contribution in [2.24, 2.45) is 0 Å². The Bertz CT molecular complexity index is 929. The first-order valence-electron chi connectivity index (χ1n) is 10.0. The summed E-state index contributed by atoms with van der Waals surface area (Å²) in [5, 5.41) is 9.58. The van der Waals surface area contributed by atoms with Gasteiger partial charge in [0.15, 0.2) is 0 Å². The maximum absolute atomic E-state index is 12.9. The van der Waals surface area contributed by atoms with Crippen LogP contribution in [-0.4, -0.2) is 29.8 Å². The highest BCUT2D eigenvalue weighted by Gasteiger charge is 2.41. The van der Waals surface area contributed by atoms with Gasteiger partial charge >= 0.3 is 11.9 Å². The second-order valence-corrected chi connectivity index (χ2v) is 7.39. The zero-order chi connectivity index (χ0) is 21.7. The fourth-order valence-corrected chi connectivity index (χ4v) is 3.29. The lowest BCUT2D eigenvalue weighted by Crippen LogP contribution is -2.21. The summed E-state index contributed by atoms with van der Waals surface area (Å²) in [6, 6.07) is 12.0. The molecule has 2 atom stereocenters. The lowest BCUT2D eigenvalue weighted by atomic mass is 9.90. The maximum atomic E-state index is 12.9. The SMILES string of the molecule is CCCOC(=O)[C@H]1c2cc(/C=C/C(=O)OC(C)C)ccc2O[C@@H]1c1ccc(O)cc1. The van der Waals surface area contributed by atoms with E-state index in [0.29, 0.717) is 17.9 Å². The van der Waals surface area contributed by atoms with Crippen molar-refractivity contribution in [2.45, 2.75) is 45.3 Å². The molecule has 1 heterocycles. The molecule has 0 saturated carbocycles. The molecule has 2 aromatic carbocycles. The quantitative estimate of drug-likeness (QED) is 0.534. The first kappa shape index (κ1) is 21.4. The van der Waals surface area contributed by atoms with Crippen LogP contribution in [0, 0.1) is 0 Å². The number of phenolic OH excluding ortho intramolecular Hbond substituents is 1. The van der Waals surface area contributed by atoms with E-state index >= 15 is 0 Å². The summed E-state index contributed by atoms with van der Waals surface area (Å²) in [7, 11) is 0. The molecule has 0 bridgehead atoms. The normalized spacial score (nSPS) is 17.6. The molecule has 6 nitrogen and oxygen atoms in total. The number of hydrogen-bond acceptors (Lipinski definition) is 6. The van der Waals surface area contributed by atoms with Crippen molar-refractivity contribution >= 4 is 18.0 Å². The Hall–Kier alpha value is -3.28. The van der Waals surface area contributed by atoms with Gasteiger partial charge in [0, 0.05) is 11.6 Å². The molecule has 0 unspecified atom stereocenters. The van der Waals surface area contributed by atoms with Crippen molar-refractivity contribution in [1.29, 1.82) is 0 Å². The Morgan fingerprint density at radius 2 is 1.90 bits per heavy atom. The van der Waals surface area contributed by atoms with Crippen LogP contribution in [-0.2, 0) is 19.1 Å². The number of rotatable bonds is 7. The molecule has 0 aromatic heterocycles. The van der Waals surface area contributed by atoms with Crippen LogP contribution >= 0.6 is 0 Å². The summed E-state index contributed by atoms with van der Waals surface area (Å²) in [5.74, 6) is -0.711. The van der Waals surface area contributed by atoms with Crippen molar-refractivity contribution in [2.75, 3.05) is 6.61 Å². The molecule has 30 heavy (non-hydrogen) atoms. The summed E-state index contributed by atoms with van der Waals surface area (Å²) in [4.78, 5) is 24.7. The van der Waals surface area contributed by atoms with E-state index in [1.807, 2.05) is 19.1 Å². The third-order valence-corrected chi connectivity index (χ3v) is 4.61. The zero-order valence-corrected chi connectivity index (χ0v) is 17.3. The molecule has 0 fully saturated rings. The van der Waals surface area contributed by atoms with E-state index in [-0.39, 0.29) is 17.8 Å². The number of hydrogen-bond donors (Lipinski definition) is 1. The average molecular weight is 410 g/mol. The van der Waals surface area contributed by atoms with Gasteiger partial charge in [0.05, 0.1) is 12.7 Å². The van der Waals surface area contributed by atoms with Crippen molar-refractivity contribution in [3.05, 3.63) is 65.2 Å². The van der Waals surface area contributed by atoms with Gasteiger partial charge in [-0.15, -0.1) is 0 Å². The number of carbonyl (C=O) groups is 2. The Balaban J connectivity index is 1.91. The van der Waals surface area contributed by atoms with Crippen LogP contribution in [0.5, 0.6) is 11.5 Å². The fraction of sp³-hybridized carbons (Fsp3) is 0.333. The van der Waals surface area contributed by atoms with Gasteiger partial charge in [-0.1, -0.05) is 25.1 Å². The first-order valence-corrected chi connectivity index (χ1v) is 10.0. The first-order chi connectivity index (χ1) is 14.4. The molecule has 0 amide bonds. The minimum atomic E-state index is -0.646. The highest BCUT2D eigenvalue weighted by atomic mass is 16.5. The van der Waals surface area contributed by atoms with Crippen LogP contribution in [0.15, 0.2) is 48.5 Å². The van der Waals surface area contributed by atoms with E-state index < -0.39 is 18.0 Å². The molecule has 0 spiro atoms. The third-order valence-electron chi connectivity index (χ3n) is 4.61. The number of esters is 2. The number of fused-ring (bicyclic) bond motifs is 1. The van der Waals surface area contributed by atoms with E-state index in [4.69, 9.17) is 14.2 Å². The van der Waals surface area contributed by atoms with Gasteiger partial charge in [-0.25, -0.2) is 4.79 Å². The molecule has 1 aliphatic rings. The molecule has 158 valence electrons. The van der Waals surface area contributed by atoms with Gasteiger partial charge in [-0.2, -0.15) is 0 Å². The number of aromatic hydroxyl groups is 1. The Labute approximate surface area is 176 Å². The van der Waals surface area contributed by atoms with Crippen molar-refractivity contribution in [3.8, 4) is 11.5 Å². The standard InChI is InChI=1S/C24H26O6/c1-4-13-28-24(27)22-19-14-16(6-12-21(26)29-15(2)3)5-11-20(19)30-23(22)17-7-9-18(25)10-8-17/h5-12,14-15,22-23,25H,4,13H2,1-3H3/b12-6+/t22-,23+/m0/s1. The maximum Gasteiger partial charge on any atom is 0.331 e. The molecule has 0 aliphatic carbocycles. The lowest BCUT2D eigenvalue weighted by Gasteiger charge is -2.18. The molecule has 1 N–H and O–H groups in total. The second-order valence-electron chi connectivity index (χ2n) is 7.39. The molecule has 0 radical (unpaired) electrons. The molecular weight excluding hydrogens is 384 g/mol. The van der Waals surface area contributed by atoms with Gasteiger partial charge in [-0.3, -0.25) is 4.79 Å². The van der Waals surface area contributed by atoms with Crippen LogP contribution in [0.25, 0.3) is 6.08 Å². The molecule has 6 heteroatoms. The zero-order valence-electron chi connectivity index (χ0n) is 17.3.